The summed E-state index contributed by atoms with van der Waals surface area (Å²) < 4.78 is 67.1. The van der Waals surface area contributed by atoms with Gasteiger partial charge in [-0.3, -0.25) is 4.79 Å². The third kappa shape index (κ3) is 6.12. The SMILES string of the molecule is Cc1cc(COC(=O)[C@]23CC(=CN)C(=Nc4ccc(F)cc4)C=C2CCN(S(=O)(=O)c2ccc(N4CC[C@@H](F)C4)nc2)C3)no1. The molecule has 1 aliphatic carbocycles. The van der Waals surface area contributed by atoms with Crippen LogP contribution in [0.1, 0.15) is 30.7 Å². The number of pyridine rings is 1. The van der Waals surface area contributed by atoms with E-state index in [2.05, 4.69) is 15.1 Å². The number of fused-ring (bicyclic) bond motifs is 1. The number of sulfonamides is 1. The van der Waals surface area contributed by atoms with E-state index >= 15 is 0 Å². The topological polar surface area (TPSA) is 144 Å². The smallest absolute Gasteiger partial charge is 0.318 e. The summed E-state index contributed by atoms with van der Waals surface area (Å²) >= 11 is 0. The van der Waals surface area contributed by atoms with Gasteiger partial charge in [-0.05, 0) is 86.0 Å². The van der Waals surface area contributed by atoms with E-state index in [0.29, 0.717) is 52.8 Å². The number of piperidine rings is 1. The molecule has 0 spiro atoms. The summed E-state index contributed by atoms with van der Waals surface area (Å²) in [5.41, 5.74) is 7.16. The molecule has 0 amide bonds. The van der Waals surface area contributed by atoms with E-state index in [0.717, 1.165) is 0 Å². The third-order valence-corrected chi connectivity index (χ3v) is 10.2. The largest absolute Gasteiger partial charge is 0.458 e. The molecule has 3 aliphatic rings. The van der Waals surface area contributed by atoms with Crippen molar-refractivity contribution in [3.8, 4) is 0 Å². The van der Waals surface area contributed by atoms with Gasteiger partial charge in [0, 0.05) is 31.9 Å². The Morgan fingerprint density at radius 2 is 2.04 bits per heavy atom. The summed E-state index contributed by atoms with van der Waals surface area (Å²) in [6.07, 6.45) is 4.03. The molecule has 3 aromatic rings. The van der Waals surface area contributed by atoms with Gasteiger partial charge >= 0.3 is 5.97 Å². The number of halogens is 2. The van der Waals surface area contributed by atoms with Crippen LogP contribution in [-0.2, 0) is 26.2 Å². The van der Waals surface area contributed by atoms with Crippen molar-refractivity contribution in [1.29, 1.82) is 0 Å². The number of alkyl halides is 1. The lowest BCUT2D eigenvalue weighted by Gasteiger charge is -2.44. The third-order valence-electron chi connectivity index (χ3n) is 8.33. The Kier molecular flexibility index (Phi) is 8.27. The minimum Gasteiger partial charge on any atom is -0.458 e. The number of nitrogens with zero attached hydrogens (tertiary/aromatic N) is 5. The highest BCUT2D eigenvalue weighted by Gasteiger charge is 2.52. The van der Waals surface area contributed by atoms with E-state index in [1.54, 1.807) is 30.0 Å². The quantitative estimate of drug-likeness (QED) is 0.378. The first-order chi connectivity index (χ1) is 21.6. The maximum absolute atomic E-state index is 14.0. The number of allylic oxidation sites excluding steroid dienone is 2. The van der Waals surface area contributed by atoms with Crippen molar-refractivity contribution in [1.82, 2.24) is 14.4 Å². The second kappa shape index (κ2) is 12.2. The predicted molar refractivity (Wildman–Crippen MR) is 161 cm³/mol. The van der Waals surface area contributed by atoms with Gasteiger partial charge in [0.25, 0.3) is 0 Å². The van der Waals surface area contributed by atoms with Gasteiger partial charge in [0.1, 0.15) is 46.2 Å². The second-order valence-corrected chi connectivity index (χ2v) is 13.3. The van der Waals surface area contributed by atoms with Gasteiger partial charge in [-0.1, -0.05) is 5.16 Å². The number of hydrogen-bond donors (Lipinski definition) is 1. The molecular formula is C31H32F2N6O5S. The Morgan fingerprint density at radius 1 is 1.24 bits per heavy atom. The number of carbonyl (C=O) groups excluding carboxylic acids is 1. The number of aryl methyl sites for hydroxylation is 1. The highest BCUT2D eigenvalue weighted by Crippen LogP contribution is 2.47. The van der Waals surface area contributed by atoms with Crippen molar-refractivity contribution < 1.29 is 31.3 Å². The molecular weight excluding hydrogens is 606 g/mol. The molecule has 45 heavy (non-hydrogen) atoms. The summed E-state index contributed by atoms with van der Waals surface area (Å²) in [7, 11) is -4.09. The monoisotopic (exact) mass is 638 g/mol. The first-order valence-corrected chi connectivity index (χ1v) is 15.9. The van der Waals surface area contributed by atoms with Crippen LogP contribution in [0.5, 0.6) is 0 Å². The molecule has 2 aromatic heterocycles. The Balaban J connectivity index is 1.32. The molecule has 0 saturated carbocycles. The number of esters is 1. The van der Waals surface area contributed by atoms with Crippen LogP contribution in [0.15, 0.2) is 86.5 Å². The van der Waals surface area contributed by atoms with Crippen LogP contribution in [-0.4, -0.2) is 66.9 Å². The first-order valence-electron chi connectivity index (χ1n) is 14.5. The Labute approximate surface area is 259 Å². The van der Waals surface area contributed by atoms with Crippen molar-refractivity contribution in [2.75, 3.05) is 31.1 Å². The average Bonchev–Trinajstić information content (AvgIpc) is 3.67. The van der Waals surface area contributed by atoms with Gasteiger partial charge in [0.15, 0.2) is 0 Å². The van der Waals surface area contributed by atoms with Gasteiger partial charge in [-0.2, -0.15) is 4.31 Å². The summed E-state index contributed by atoms with van der Waals surface area (Å²) in [4.78, 5) is 24.7. The van der Waals surface area contributed by atoms with E-state index in [-0.39, 0.29) is 44.0 Å². The number of hydrogen-bond acceptors (Lipinski definition) is 10. The molecule has 2 fully saturated rings. The zero-order valence-electron chi connectivity index (χ0n) is 24.5. The average molecular weight is 639 g/mol. The fourth-order valence-corrected chi connectivity index (χ4v) is 7.39. The number of ether oxygens (including phenoxy) is 1. The molecule has 2 atom stereocenters. The van der Waals surface area contributed by atoms with Crippen molar-refractivity contribution >= 4 is 33.2 Å². The standard InChI is InChI=1S/C31H32F2N6O5S/c1-20-12-26(37-44-20)18-43-30(40)31-14-21(15-34)28(36-25-4-2-23(32)3-5-25)13-22(31)8-11-39(19-31)45(41,42)27-6-7-29(35-16-27)38-10-9-24(33)17-38/h2-7,12-13,15-16,24H,8-11,14,17-19,34H2,1H3/t24-,31+/m1/s1. The van der Waals surface area contributed by atoms with Gasteiger partial charge < -0.3 is 19.9 Å². The number of carbonyl (C=O) groups is 1. The van der Waals surface area contributed by atoms with Crippen molar-refractivity contribution in [3.05, 3.63) is 89.4 Å². The molecule has 14 heteroatoms. The number of aromatic nitrogens is 2. The van der Waals surface area contributed by atoms with Gasteiger partial charge in [0.2, 0.25) is 10.0 Å². The van der Waals surface area contributed by atoms with E-state index in [4.69, 9.17) is 15.0 Å². The van der Waals surface area contributed by atoms with Gasteiger partial charge in [-0.15, -0.1) is 0 Å². The summed E-state index contributed by atoms with van der Waals surface area (Å²) in [6.45, 7) is 2.14. The molecule has 4 heterocycles. The Bertz CT molecular complexity index is 1790. The van der Waals surface area contributed by atoms with Crippen LogP contribution in [0.2, 0.25) is 0 Å². The van der Waals surface area contributed by atoms with E-state index in [9.17, 15) is 22.0 Å². The fourth-order valence-electron chi connectivity index (χ4n) is 5.95. The van der Waals surface area contributed by atoms with Crippen LogP contribution in [0.25, 0.3) is 0 Å². The molecule has 236 valence electrons. The molecule has 2 N–H and O–H groups in total. The maximum atomic E-state index is 14.0. The number of nitrogens with two attached hydrogens (primary N) is 1. The van der Waals surface area contributed by atoms with Gasteiger partial charge in [0.05, 0.1) is 17.9 Å². The molecule has 6 rings (SSSR count). The summed E-state index contributed by atoms with van der Waals surface area (Å²) in [5.74, 6) is 0.00980. The number of benzene rings is 1. The van der Waals surface area contributed by atoms with E-state index in [1.165, 1.54) is 47.0 Å². The van der Waals surface area contributed by atoms with Crippen molar-refractivity contribution in [2.45, 2.75) is 43.9 Å². The zero-order valence-corrected chi connectivity index (χ0v) is 25.3. The van der Waals surface area contributed by atoms with E-state index < -0.39 is 33.4 Å². The normalized spacial score (nSPS) is 24.1. The molecule has 0 unspecified atom stereocenters. The first kappa shape index (κ1) is 30.6. The van der Waals surface area contributed by atoms with Crippen LogP contribution >= 0.6 is 0 Å². The summed E-state index contributed by atoms with van der Waals surface area (Å²) in [6, 6.07) is 10.3. The number of anilines is 1. The Morgan fingerprint density at radius 3 is 2.69 bits per heavy atom. The highest BCUT2D eigenvalue weighted by molar-refractivity contribution is 7.89. The highest BCUT2D eigenvalue weighted by atomic mass is 32.2. The molecule has 0 bridgehead atoms. The van der Waals surface area contributed by atoms with Crippen LogP contribution in [0, 0.1) is 18.2 Å². The van der Waals surface area contributed by atoms with Crippen LogP contribution < -0.4 is 10.6 Å². The van der Waals surface area contributed by atoms with Crippen LogP contribution in [0.4, 0.5) is 20.3 Å². The lowest BCUT2D eigenvalue weighted by Crippen LogP contribution is -2.53. The minimum absolute atomic E-state index is 0.0224. The molecule has 2 saturated heterocycles. The van der Waals surface area contributed by atoms with Crippen molar-refractivity contribution in [2.24, 2.45) is 16.1 Å². The summed E-state index contributed by atoms with van der Waals surface area (Å²) in [5, 5.41) is 3.88. The zero-order chi connectivity index (χ0) is 31.8. The van der Waals surface area contributed by atoms with E-state index in [1.807, 2.05) is 0 Å². The number of aliphatic imine (C=N–C) groups is 1. The fraction of sp³-hybridized carbons (Fsp3) is 0.355. The minimum atomic E-state index is -4.09. The van der Waals surface area contributed by atoms with Crippen LogP contribution in [0.3, 0.4) is 0 Å². The second-order valence-electron chi connectivity index (χ2n) is 11.4. The lowest BCUT2D eigenvalue weighted by atomic mass is 9.67. The lowest BCUT2D eigenvalue weighted by molar-refractivity contribution is -0.156. The molecule has 2 aliphatic heterocycles. The molecule has 11 nitrogen and oxygen atoms in total. The Hall–Kier alpha value is -4.43. The van der Waals surface area contributed by atoms with Crippen molar-refractivity contribution in [3.63, 3.8) is 0 Å². The maximum Gasteiger partial charge on any atom is 0.318 e. The number of rotatable bonds is 7. The van der Waals surface area contributed by atoms with Gasteiger partial charge in [-0.25, -0.2) is 27.2 Å². The molecule has 1 aromatic carbocycles. The molecule has 0 radical (unpaired) electrons. The predicted octanol–water partition coefficient (Wildman–Crippen LogP) is 4.13.